The maximum atomic E-state index is 12.7. The quantitative estimate of drug-likeness (QED) is 0.514. The average molecular weight is 475 g/mol. The predicted molar refractivity (Wildman–Crippen MR) is 141 cm³/mol. The van der Waals surface area contributed by atoms with E-state index in [-0.39, 0.29) is 23.1 Å². The molecule has 6 rings (SSSR count). The Bertz CT molecular complexity index is 1260. The number of amides is 2. The third kappa shape index (κ3) is 5.98. The van der Waals surface area contributed by atoms with Gasteiger partial charge in [-0.3, -0.25) is 14.5 Å². The number of rotatable bonds is 2. The van der Waals surface area contributed by atoms with Crippen molar-refractivity contribution in [2.45, 2.75) is 46.1 Å². The molecule has 0 saturated carbocycles. The number of nitrogens with one attached hydrogen (secondary N) is 1. The van der Waals surface area contributed by atoms with Crippen LogP contribution in [0.25, 0.3) is 22.1 Å². The van der Waals surface area contributed by atoms with E-state index in [2.05, 4.69) is 15.2 Å². The standard InChI is InChI=1S/C22H21N3O2.C6H13NO/c23-18-7-2-1-5-16(18)17-6-3-4-15-12-20(27-21(15)17)22(26)24-19-13-25-10-8-14(19)9-11-25;1-5(8)7-6(2,3)4/h1-7,12,14H,8-11,13,23H2;1-4H3,(H,7,8). The number of nitrogens with zero attached hydrogens (tertiary/aromatic N) is 2. The van der Waals surface area contributed by atoms with Gasteiger partial charge in [-0.2, -0.15) is 0 Å². The van der Waals surface area contributed by atoms with Crippen LogP contribution in [-0.2, 0) is 4.79 Å². The van der Waals surface area contributed by atoms with Crippen LogP contribution in [-0.4, -0.2) is 47.6 Å². The van der Waals surface area contributed by atoms with Gasteiger partial charge >= 0.3 is 5.91 Å². The van der Waals surface area contributed by atoms with Gasteiger partial charge in [0.2, 0.25) is 5.91 Å². The van der Waals surface area contributed by atoms with Gasteiger partial charge in [0.1, 0.15) is 5.58 Å². The van der Waals surface area contributed by atoms with Gasteiger partial charge in [0.05, 0.1) is 0 Å². The maximum Gasteiger partial charge on any atom is 0.312 e. The zero-order valence-corrected chi connectivity index (χ0v) is 20.9. The second-order valence-corrected chi connectivity index (χ2v) is 10.3. The molecule has 7 heteroatoms. The first-order valence-corrected chi connectivity index (χ1v) is 12.1. The third-order valence-corrected chi connectivity index (χ3v) is 6.25. The fourth-order valence-corrected chi connectivity index (χ4v) is 4.75. The van der Waals surface area contributed by atoms with E-state index in [1.54, 1.807) is 6.07 Å². The summed E-state index contributed by atoms with van der Waals surface area (Å²) in [7, 11) is 0. The smallest absolute Gasteiger partial charge is 0.312 e. The van der Waals surface area contributed by atoms with Crippen LogP contribution in [0.4, 0.5) is 5.69 Å². The second kappa shape index (κ2) is 10.0. The zero-order valence-electron chi connectivity index (χ0n) is 20.9. The molecule has 4 heterocycles. The van der Waals surface area contributed by atoms with Crippen LogP contribution in [0.5, 0.6) is 0 Å². The summed E-state index contributed by atoms with van der Waals surface area (Å²) in [6, 6.07) is 15.3. The lowest BCUT2D eigenvalue weighted by Crippen LogP contribution is -2.48. The van der Waals surface area contributed by atoms with Crippen molar-refractivity contribution in [2.24, 2.45) is 10.9 Å². The van der Waals surface area contributed by atoms with Crippen LogP contribution >= 0.6 is 0 Å². The number of hydrogen-bond acceptors (Lipinski definition) is 5. The first kappa shape index (κ1) is 24.7. The fourth-order valence-electron chi connectivity index (χ4n) is 4.75. The zero-order chi connectivity index (χ0) is 25.2. The Kier molecular flexibility index (Phi) is 7.08. The second-order valence-electron chi connectivity index (χ2n) is 10.3. The van der Waals surface area contributed by atoms with Crippen molar-refractivity contribution in [3.63, 3.8) is 0 Å². The van der Waals surface area contributed by atoms with E-state index in [9.17, 15) is 9.59 Å². The van der Waals surface area contributed by atoms with Crippen molar-refractivity contribution < 1.29 is 14.0 Å². The molecule has 3 aliphatic rings. The van der Waals surface area contributed by atoms with Crippen molar-refractivity contribution in [3.8, 4) is 11.1 Å². The number of para-hydroxylation sites is 2. The van der Waals surface area contributed by atoms with E-state index in [1.807, 2.05) is 63.2 Å². The molecule has 0 aliphatic carbocycles. The van der Waals surface area contributed by atoms with Gasteiger partial charge in [0.15, 0.2) is 5.76 Å². The summed E-state index contributed by atoms with van der Waals surface area (Å²) < 4.78 is 5.97. The molecule has 3 fully saturated rings. The number of carbonyl (C=O) groups is 2. The highest BCUT2D eigenvalue weighted by atomic mass is 16.3. The highest BCUT2D eigenvalue weighted by Gasteiger charge is 2.31. The van der Waals surface area contributed by atoms with E-state index in [4.69, 9.17) is 10.2 Å². The molecule has 184 valence electrons. The lowest BCUT2D eigenvalue weighted by Gasteiger charge is -2.39. The van der Waals surface area contributed by atoms with E-state index >= 15 is 0 Å². The molecular weight excluding hydrogens is 440 g/mol. The molecule has 0 atom stereocenters. The Morgan fingerprint density at radius 2 is 1.74 bits per heavy atom. The number of aliphatic imine (C=N–C) groups is 1. The van der Waals surface area contributed by atoms with E-state index < -0.39 is 0 Å². The molecule has 7 nitrogen and oxygen atoms in total. The maximum absolute atomic E-state index is 12.7. The first-order chi connectivity index (χ1) is 16.6. The van der Waals surface area contributed by atoms with Gasteiger partial charge in [-0.05, 0) is 58.8 Å². The van der Waals surface area contributed by atoms with E-state index in [0.29, 0.717) is 17.2 Å². The van der Waals surface area contributed by atoms with Gasteiger partial charge in [0, 0.05) is 52.8 Å². The Labute approximate surface area is 206 Å². The van der Waals surface area contributed by atoms with Gasteiger partial charge in [-0.15, -0.1) is 0 Å². The minimum absolute atomic E-state index is 0.0255. The Morgan fingerprint density at radius 3 is 2.31 bits per heavy atom. The van der Waals surface area contributed by atoms with Gasteiger partial charge in [-0.1, -0.05) is 36.4 Å². The van der Waals surface area contributed by atoms with Crippen LogP contribution in [0.2, 0.25) is 0 Å². The Morgan fingerprint density at radius 1 is 1.06 bits per heavy atom. The van der Waals surface area contributed by atoms with Crippen LogP contribution in [0.3, 0.4) is 0 Å². The number of furan rings is 1. The number of anilines is 1. The van der Waals surface area contributed by atoms with Gasteiger partial charge in [0.25, 0.3) is 0 Å². The molecular formula is C28H34N4O3. The summed E-state index contributed by atoms with van der Waals surface area (Å²) in [4.78, 5) is 29.9. The number of benzene rings is 2. The van der Waals surface area contributed by atoms with E-state index in [0.717, 1.165) is 54.7 Å². The van der Waals surface area contributed by atoms with Gasteiger partial charge < -0.3 is 15.5 Å². The molecule has 3 aromatic rings. The normalized spacial score (nSPS) is 20.4. The molecule has 3 saturated heterocycles. The molecule has 2 bridgehead atoms. The number of piperidine rings is 3. The topological polar surface area (TPSA) is 101 Å². The molecule has 0 unspecified atom stereocenters. The van der Waals surface area contributed by atoms with Crippen molar-refractivity contribution in [1.29, 1.82) is 0 Å². The largest absolute Gasteiger partial charge is 0.450 e. The summed E-state index contributed by atoms with van der Waals surface area (Å²) >= 11 is 0. The third-order valence-electron chi connectivity index (χ3n) is 6.25. The van der Waals surface area contributed by atoms with Crippen molar-refractivity contribution in [3.05, 3.63) is 54.3 Å². The molecule has 3 N–H and O–H groups in total. The number of carbonyl (C=O) groups excluding carboxylic acids is 2. The number of fused-ring (bicyclic) bond motifs is 4. The van der Waals surface area contributed by atoms with Crippen LogP contribution in [0, 0.1) is 5.92 Å². The van der Waals surface area contributed by atoms with Crippen LogP contribution < -0.4 is 11.1 Å². The summed E-state index contributed by atoms with van der Waals surface area (Å²) in [6.07, 6.45) is 2.20. The summed E-state index contributed by atoms with van der Waals surface area (Å²) in [5.41, 5.74) is 10.2. The van der Waals surface area contributed by atoms with Crippen molar-refractivity contribution >= 4 is 34.2 Å². The predicted octanol–water partition coefficient (Wildman–Crippen LogP) is 4.91. The van der Waals surface area contributed by atoms with Crippen LogP contribution in [0.1, 0.15) is 51.1 Å². The molecule has 0 radical (unpaired) electrons. The molecule has 35 heavy (non-hydrogen) atoms. The number of nitrogens with two attached hydrogens (primary N) is 1. The van der Waals surface area contributed by atoms with Crippen molar-refractivity contribution in [1.82, 2.24) is 10.2 Å². The highest BCUT2D eigenvalue weighted by Crippen LogP contribution is 2.34. The number of hydrogen-bond donors (Lipinski definition) is 2. The lowest BCUT2D eigenvalue weighted by atomic mass is 9.86. The Hall–Kier alpha value is -3.45. The van der Waals surface area contributed by atoms with Crippen molar-refractivity contribution in [2.75, 3.05) is 25.4 Å². The minimum atomic E-state index is -0.290. The fraction of sp³-hybridized carbons (Fsp3) is 0.393. The summed E-state index contributed by atoms with van der Waals surface area (Å²) in [5, 5.41) is 3.63. The molecule has 0 spiro atoms. The summed E-state index contributed by atoms with van der Waals surface area (Å²) in [6.45, 7) is 10.4. The first-order valence-electron chi connectivity index (χ1n) is 12.1. The Balaban J connectivity index is 0.000000314. The lowest BCUT2D eigenvalue weighted by molar-refractivity contribution is -0.120. The summed E-state index contributed by atoms with van der Waals surface area (Å²) in [5.74, 6) is 0.471. The van der Waals surface area contributed by atoms with Gasteiger partial charge in [-0.25, -0.2) is 4.99 Å². The van der Waals surface area contributed by atoms with Crippen LogP contribution in [0.15, 0.2) is 57.9 Å². The molecule has 1 aromatic heterocycles. The molecule has 2 amide bonds. The molecule has 2 aromatic carbocycles. The molecule has 3 aliphatic heterocycles. The highest BCUT2D eigenvalue weighted by molar-refractivity contribution is 6.07. The van der Waals surface area contributed by atoms with E-state index in [1.165, 1.54) is 6.92 Å². The number of nitrogen functional groups attached to an aromatic ring is 1. The minimum Gasteiger partial charge on any atom is -0.450 e. The average Bonchev–Trinajstić information content (AvgIpc) is 3.24. The monoisotopic (exact) mass is 474 g/mol. The SMILES string of the molecule is CC(=O)NC(C)(C)C.Nc1ccccc1-c1cccc2cc(C(=O)N=C3CN4CCC3CC4)oc12.